The van der Waals surface area contributed by atoms with E-state index in [1.165, 1.54) is 0 Å². The van der Waals surface area contributed by atoms with Crippen LogP contribution in [0.5, 0.6) is 0 Å². The lowest BCUT2D eigenvalue weighted by atomic mass is 10.2. The first-order valence-electron chi connectivity index (χ1n) is 3.05. The predicted octanol–water partition coefficient (Wildman–Crippen LogP) is 0.0511. The van der Waals surface area contributed by atoms with Crippen LogP contribution in [-0.4, -0.2) is 30.9 Å². The topological polar surface area (TPSA) is 50.7 Å². The van der Waals surface area contributed by atoms with Crippen molar-refractivity contribution in [1.82, 2.24) is 5.32 Å². The Bertz CT molecular complexity index is 217. The van der Waals surface area contributed by atoms with Crippen molar-refractivity contribution in [2.45, 2.75) is 6.18 Å². The van der Waals surface area contributed by atoms with Gasteiger partial charge in [-0.1, -0.05) is 5.16 Å². The van der Waals surface area contributed by atoms with Gasteiger partial charge in [0.05, 0.1) is 5.71 Å². The molecule has 0 aromatic carbocycles. The van der Waals surface area contributed by atoms with E-state index in [1.807, 2.05) is 0 Å². The minimum atomic E-state index is -4.97. The molecule has 0 aromatic heterocycles. The van der Waals surface area contributed by atoms with Gasteiger partial charge in [-0.2, -0.15) is 13.2 Å². The molecule has 4 nitrogen and oxygen atoms in total. The van der Waals surface area contributed by atoms with E-state index in [9.17, 15) is 18.0 Å². The molecule has 0 amide bonds. The highest BCUT2D eigenvalue weighted by Crippen LogP contribution is 2.16. The molecular formula is C5H5F3N2O2. The fourth-order valence-electron chi connectivity index (χ4n) is 0.459. The second-order valence-corrected chi connectivity index (χ2v) is 2.14. The molecule has 0 aromatic rings. The molecule has 1 N–H and O–H groups in total. The number of nitrogens with one attached hydrogen (secondary N) is 1. The molecule has 1 heterocycles. The molecule has 68 valence electrons. The summed E-state index contributed by atoms with van der Waals surface area (Å²) in [7, 11) is 0. The third-order valence-corrected chi connectivity index (χ3v) is 1.15. The first-order valence-corrected chi connectivity index (χ1v) is 3.05. The van der Waals surface area contributed by atoms with Crippen LogP contribution in [-0.2, 0) is 9.63 Å². The molecule has 0 radical (unpaired) electrons. The van der Waals surface area contributed by atoms with Gasteiger partial charge in [-0.25, -0.2) is 4.79 Å². The van der Waals surface area contributed by atoms with Crippen LogP contribution < -0.4 is 5.32 Å². The third-order valence-electron chi connectivity index (χ3n) is 1.15. The van der Waals surface area contributed by atoms with Gasteiger partial charge >= 0.3 is 12.1 Å². The predicted molar refractivity (Wildman–Crippen MR) is 32.5 cm³/mol. The van der Waals surface area contributed by atoms with Crippen molar-refractivity contribution in [3.05, 3.63) is 0 Å². The number of carbonyl (C=O) groups excluding carboxylic acids is 1. The summed E-state index contributed by atoms with van der Waals surface area (Å²) >= 11 is 0. The van der Waals surface area contributed by atoms with E-state index in [2.05, 4.69) is 15.3 Å². The summed E-state index contributed by atoms with van der Waals surface area (Å²) in [5.74, 6) is -2.29. The van der Waals surface area contributed by atoms with Crippen LogP contribution in [0.2, 0.25) is 0 Å². The van der Waals surface area contributed by atoms with E-state index in [0.717, 1.165) is 0 Å². The quantitative estimate of drug-likeness (QED) is 0.460. The number of halogens is 3. The highest BCUT2D eigenvalue weighted by atomic mass is 19.4. The lowest BCUT2D eigenvalue weighted by Gasteiger charge is -2.15. The second kappa shape index (κ2) is 3.10. The second-order valence-electron chi connectivity index (χ2n) is 2.14. The van der Waals surface area contributed by atoms with Crippen LogP contribution in [0.15, 0.2) is 5.16 Å². The SMILES string of the molecule is O=C(ON=C1CNC1)C(F)(F)F. The minimum Gasteiger partial charge on any atom is -0.309 e. The van der Waals surface area contributed by atoms with Crippen molar-refractivity contribution in [3.8, 4) is 0 Å². The van der Waals surface area contributed by atoms with Crippen molar-refractivity contribution >= 4 is 11.7 Å². The molecular weight excluding hydrogens is 177 g/mol. The average Bonchev–Trinajstić information content (AvgIpc) is 1.81. The summed E-state index contributed by atoms with van der Waals surface area (Å²) in [6.45, 7) is 0.732. The molecule has 0 aliphatic carbocycles. The Kier molecular flexibility index (Phi) is 2.32. The number of rotatable bonds is 1. The van der Waals surface area contributed by atoms with E-state index >= 15 is 0 Å². The Labute approximate surface area is 65.4 Å². The maximum atomic E-state index is 11.5. The summed E-state index contributed by atoms with van der Waals surface area (Å²) in [5.41, 5.74) is 0.396. The molecule has 1 fully saturated rings. The largest absolute Gasteiger partial charge is 0.493 e. The number of alkyl halides is 3. The maximum absolute atomic E-state index is 11.5. The lowest BCUT2D eigenvalue weighted by molar-refractivity contribution is -0.199. The van der Waals surface area contributed by atoms with Crippen molar-refractivity contribution in [2.24, 2.45) is 5.16 Å². The summed E-state index contributed by atoms with van der Waals surface area (Å²) in [6.07, 6.45) is -4.97. The summed E-state index contributed by atoms with van der Waals surface area (Å²) in [4.78, 5) is 13.6. The highest BCUT2D eigenvalue weighted by molar-refractivity contribution is 5.93. The zero-order chi connectivity index (χ0) is 9.19. The van der Waals surface area contributed by atoms with E-state index in [4.69, 9.17) is 0 Å². The van der Waals surface area contributed by atoms with Gasteiger partial charge in [-0.15, -0.1) is 0 Å². The Hall–Kier alpha value is -1.11. The molecule has 0 spiro atoms. The van der Waals surface area contributed by atoms with E-state index in [-0.39, 0.29) is 0 Å². The molecule has 0 unspecified atom stereocenters. The lowest BCUT2D eigenvalue weighted by Crippen LogP contribution is -2.43. The molecule has 0 saturated carbocycles. The van der Waals surface area contributed by atoms with Crippen LogP contribution in [0, 0.1) is 0 Å². The Morgan fingerprint density at radius 1 is 1.50 bits per heavy atom. The fraction of sp³-hybridized carbons (Fsp3) is 0.600. The smallest absolute Gasteiger partial charge is 0.309 e. The molecule has 7 heteroatoms. The Balaban J connectivity index is 2.36. The number of nitrogens with zero attached hydrogens (tertiary/aromatic N) is 1. The van der Waals surface area contributed by atoms with Gasteiger partial charge < -0.3 is 10.2 Å². The average molecular weight is 182 g/mol. The van der Waals surface area contributed by atoms with Crippen molar-refractivity contribution in [2.75, 3.05) is 13.1 Å². The highest BCUT2D eigenvalue weighted by Gasteiger charge is 2.41. The minimum absolute atomic E-state index is 0.366. The monoisotopic (exact) mass is 182 g/mol. The van der Waals surface area contributed by atoms with Crippen molar-refractivity contribution in [1.29, 1.82) is 0 Å². The molecule has 1 aliphatic rings. The van der Waals surface area contributed by atoms with Gasteiger partial charge in [0.15, 0.2) is 0 Å². The van der Waals surface area contributed by atoms with Gasteiger partial charge in [-0.05, 0) is 0 Å². The van der Waals surface area contributed by atoms with Gasteiger partial charge in [-0.3, -0.25) is 0 Å². The van der Waals surface area contributed by atoms with Gasteiger partial charge in [0, 0.05) is 13.1 Å². The summed E-state index contributed by atoms with van der Waals surface area (Å²) in [6, 6.07) is 0. The van der Waals surface area contributed by atoms with E-state index in [1.54, 1.807) is 0 Å². The van der Waals surface area contributed by atoms with Crippen molar-refractivity contribution < 1.29 is 22.8 Å². The van der Waals surface area contributed by atoms with E-state index in [0.29, 0.717) is 18.8 Å². The zero-order valence-electron chi connectivity index (χ0n) is 5.81. The van der Waals surface area contributed by atoms with Gasteiger partial charge in [0.25, 0.3) is 0 Å². The number of oxime groups is 1. The molecule has 1 saturated heterocycles. The normalized spacial score (nSPS) is 16.8. The van der Waals surface area contributed by atoms with Crippen LogP contribution in [0.1, 0.15) is 0 Å². The van der Waals surface area contributed by atoms with E-state index < -0.39 is 12.1 Å². The molecule has 0 atom stereocenters. The Morgan fingerprint density at radius 2 is 2.08 bits per heavy atom. The van der Waals surface area contributed by atoms with Crippen LogP contribution >= 0.6 is 0 Å². The summed E-state index contributed by atoms with van der Waals surface area (Å²) < 4.78 is 34.4. The third kappa shape index (κ3) is 2.19. The molecule has 1 aliphatic heterocycles. The maximum Gasteiger partial charge on any atom is 0.493 e. The first kappa shape index (κ1) is 8.98. The molecule has 1 rings (SSSR count). The Morgan fingerprint density at radius 3 is 2.42 bits per heavy atom. The van der Waals surface area contributed by atoms with Crippen LogP contribution in [0.3, 0.4) is 0 Å². The van der Waals surface area contributed by atoms with Gasteiger partial charge in [0.2, 0.25) is 0 Å². The number of carbonyl (C=O) groups is 1. The molecule has 0 bridgehead atoms. The standard InChI is InChI=1S/C5H5F3N2O2/c6-5(7,8)4(11)12-10-3-1-9-2-3/h9H,1-2H2. The fourth-order valence-corrected chi connectivity index (χ4v) is 0.459. The first-order chi connectivity index (χ1) is 5.50. The zero-order valence-corrected chi connectivity index (χ0v) is 5.81. The van der Waals surface area contributed by atoms with Crippen LogP contribution in [0.25, 0.3) is 0 Å². The van der Waals surface area contributed by atoms with Gasteiger partial charge in [0.1, 0.15) is 0 Å². The number of hydrogen-bond donors (Lipinski definition) is 1. The van der Waals surface area contributed by atoms with Crippen LogP contribution in [0.4, 0.5) is 13.2 Å². The van der Waals surface area contributed by atoms with Crippen molar-refractivity contribution in [3.63, 3.8) is 0 Å². The summed E-state index contributed by atoms with van der Waals surface area (Å²) in [5, 5.41) is 5.70. The molecule has 12 heavy (non-hydrogen) atoms. The number of hydrogen-bond acceptors (Lipinski definition) is 4.